The predicted molar refractivity (Wildman–Crippen MR) is 112 cm³/mol. The van der Waals surface area contributed by atoms with Crippen LogP contribution in [-0.2, 0) is 6.54 Å². The quantitative estimate of drug-likeness (QED) is 0.517. The van der Waals surface area contributed by atoms with Gasteiger partial charge >= 0.3 is 0 Å². The number of pyridine rings is 2. The zero-order valence-electron chi connectivity index (χ0n) is 16.9. The van der Waals surface area contributed by atoms with Crippen molar-refractivity contribution in [3.8, 4) is 0 Å². The van der Waals surface area contributed by atoms with E-state index in [1.165, 1.54) is 12.1 Å². The monoisotopic (exact) mass is 408 g/mol. The number of hydrogen-bond acceptors (Lipinski definition) is 3. The summed E-state index contributed by atoms with van der Waals surface area (Å²) >= 11 is 0. The minimum atomic E-state index is -1.04. The largest absolute Gasteiger partial charge is 0.319 e. The van der Waals surface area contributed by atoms with Crippen LogP contribution in [0.3, 0.4) is 0 Å². The molecule has 0 spiro atoms. The summed E-state index contributed by atoms with van der Waals surface area (Å²) in [5.41, 5.74) is 2.81. The molecule has 1 fully saturated rings. The minimum absolute atomic E-state index is 0.108. The summed E-state index contributed by atoms with van der Waals surface area (Å²) in [4.78, 5) is 24.2. The zero-order valence-corrected chi connectivity index (χ0v) is 16.9. The van der Waals surface area contributed by atoms with Gasteiger partial charge in [0.15, 0.2) is 17.3 Å². The normalized spacial score (nSPS) is 14.7. The number of H-pyrrole nitrogens is 1. The highest BCUT2D eigenvalue weighted by molar-refractivity contribution is 5.83. The Hall–Kier alpha value is -3.09. The average molecular weight is 408 g/mol. The fraction of sp³-hybridized carbons (Fsp3) is 0.348. The van der Waals surface area contributed by atoms with Gasteiger partial charge in [0.2, 0.25) is 5.56 Å². The maximum absolute atomic E-state index is 14.3. The van der Waals surface area contributed by atoms with Crippen molar-refractivity contribution < 1.29 is 8.78 Å². The molecule has 0 atom stereocenters. The standard InChI is InChI=1S/C23H22F2N4O/c1-12(2)15-8-9-26-23-21(15)28-22(13-4-3-5-13)29(23)11-14-10-18(30)27-20-16(14)6-7-17(24)19(20)25/h6-10,12-13H,3-5,11H2,1-2H3,(H,27,30). The molecule has 0 amide bonds. The fourth-order valence-corrected chi connectivity index (χ4v) is 4.29. The van der Waals surface area contributed by atoms with E-state index >= 15 is 0 Å². The van der Waals surface area contributed by atoms with Crippen LogP contribution in [0.5, 0.6) is 0 Å². The first-order chi connectivity index (χ1) is 14.4. The SMILES string of the molecule is CC(C)c1ccnc2c1nc(C1CCC1)n2Cc1cc(=O)[nH]c2c(F)c(F)ccc12. The topological polar surface area (TPSA) is 63.6 Å². The third-order valence-corrected chi connectivity index (χ3v) is 6.11. The lowest BCUT2D eigenvalue weighted by Crippen LogP contribution is -2.17. The van der Waals surface area contributed by atoms with Crippen LogP contribution in [0.1, 0.15) is 61.9 Å². The van der Waals surface area contributed by atoms with Gasteiger partial charge in [0, 0.05) is 23.6 Å². The number of hydrogen-bond donors (Lipinski definition) is 1. The van der Waals surface area contributed by atoms with Crippen LogP contribution in [0, 0.1) is 11.6 Å². The van der Waals surface area contributed by atoms with Crippen molar-refractivity contribution in [2.45, 2.75) is 51.5 Å². The first-order valence-corrected chi connectivity index (χ1v) is 10.3. The number of halogens is 2. The second-order valence-corrected chi connectivity index (χ2v) is 8.35. The van der Waals surface area contributed by atoms with E-state index in [-0.39, 0.29) is 5.52 Å². The van der Waals surface area contributed by atoms with Crippen molar-refractivity contribution in [3.05, 3.63) is 69.4 Å². The van der Waals surface area contributed by atoms with Gasteiger partial charge in [-0.05, 0) is 48.1 Å². The van der Waals surface area contributed by atoms with Crippen LogP contribution in [-0.4, -0.2) is 19.5 Å². The van der Waals surface area contributed by atoms with Gasteiger partial charge < -0.3 is 9.55 Å². The molecule has 0 aliphatic heterocycles. The van der Waals surface area contributed by atoms with Gasteiger partial charge in [-0.2, -0.15) is 0 Å². The third-order valence-electron chi connectivity index (χ3n) is 6.11. The van der Waals surface area contributed by atoms with Crippen LogP contribution in [0.4, 0.5) is 8.78 Å². The summed E-state index contributed by atoms with van der Waals surface area (Å²) in [6, 6.07) is 6.04. The van der Waals surface area contributed by atoms with Gasteiger partial charge in [0.1, 0.15) is 11.3 Å². The Kier molecular flexibility index (Phi) is 4.41. The van der Waals surface area contributed by atoms with E-state index in [0.29, 0.717) is 29.3 Å². The molecule has 1 aliphatic rings. The number of benzene rings is 1. The van der Waals surface area contributed by atoms with E-state index < -0.39 is 17.2 Å². The molecule has 30 heavy (non-hydrogen) atoms. The summed E-state index contributed by atoms with van der Waals surface area (Å²) in [6.07, 6.45) is 5.08. The van der Waals surface area contributed by atoms with E-state index in [0.717, 1.165) is 47.9 Å². The Bertz CT molecular complexity index is 1330. The van der Waals surface area contributed by atoms with Gasteiger partial charge in [-0.15, -0.1) is 0 Å². The Labute approximate surface area is 171 Å². The zero-order chi connectivity index (χ0) is 21.0. The molecule has 1 aromatic carbocycles. The fourth-order valence-electron chi connectivity index (χ4n) is 4.29. The third kappa shape index (κ3) is 2.91. The number of rotatable bonds is 4. The van der Waals surface area contributed by atoms with Crippen molar-refractivity contribution in [2.24, 2.45) is 0 Å². The molecule has 7 heteroatoms. The summed E-state index contributed by atoms with van der Waals surface area (Å²) in [5.74, 6) is -0.428. The Balaban J connectivity index is 1.74. The van der Waals surface area contributed by atoms with Gasteiger partial charge in [0.05, 0.1) is 12.1 Å². The molecule has 3 aromatic heterocycles. The van der Waals surface area contributed by atoms with E-state index in [9.17, 15) is 13.6 Å². The summed E-state index contributed by atoms with van der Waals surface area (Å²) in [7, 11) is 0. The molecule has 1 saturated carbocycles. The van der Waals surface area contributed by atoms with Crippen molar-refractivity contribution in [2.75, 3.05) is 0 Å². The highest BCUT2D eigenvalue weighted by atomic mass is 19.2. The maximum atomic E-state index is 14.3. The smallest absolute Gasteiger partial charge is 0.248 e. The molecular formula is C23H22F2N4O. The average Bonchev–Trinajstić information content (AvgIpc) is 3.01. The molecule has 154 valence electrons. The summed E-state index contributed by atoms with van der Waals surface area (Å²) in [5, 5.41) is 0.481. The summed E-state index contributed by atoms with van der Waals surface area (Å²) in [6.45, 7) is 4.57. The van der Waals surface area contributed by atoms with Crippen molar-refractivity contribution in [1.82, 2.24) is 19.5 Å². The van der Waals surface area contributed by atoms with Crippen molar-refractivity contribution in [3.63, 3.8) is 0 Å². The highest BCUT2D eigenvalue weighted by Crippen LogP contribution is 2.38. The molecule has 0 bridgehead atoms. The number of imidazole rings is 1. The lowest BCUT2D eigenvalue weighted by Gasteiger charge is -2.25. The lowest BCUT2D eigenvalue weighted by atomic mass is 9.85. The predicted octanol–water partition coefficient (Wildman–Crippen LogP) is 4.99. The van der Waals surface area contributed by atoms with E-state index in [4.69, 9.17) is 4.98 Å². The molecule has 0 unspecified atom stereocenters. The molecule has 0 saturated heterocycles. The lowest BCUT2D eigenvalue weighted by molar-refractivity contribution is 0.391. The van der Waals surface area contributed by atoms with Crippen LogP contribution in [0.2, 0.25) is 0 Å². The van der Waals surface area contributed by atoms with Crippen molar-refractivity contribution >= 4 is 22.1 Å². The van der Waals surface area contributed by atoms with Crippen LogP contribution >= 0.6 is 0 Å². The second-order valence-electron chi connectivity index (χ2n) is 8.35. The van der Waals surface area contributed by atoms with E-state index in [1.807, 2.05) is 10.6 Å². The Morgan fingerprint density at radius 2 is 2.03 bits per heavy atom. The first kappa shape index (κ1) is 18.9. The molecule has 5 nitrogen and oxygen atoms in total. The number of aromatic amines is 1. The Morgan fingerprint density at radius 1 is 1.23 bits per heavy atom. The molecular weight excluding hydrogens is 386 g/mol. The number of nitrogens with one attached hydrogen (secondary N) is 1. The number of fused-ring (bicyclic) bond motifs is 2. The van der Waals surface area contributed by atoms with Gasteiger partial charge in [-0.1, -0.05) is 20.3 Å². The van der Waals surface area contributed by atoms with Gasteiger partial charge in [-0.3, -0.25) is 4.79 Å². The van der Waals surface area contributed by atoms with E-state index in [2.05, 4.69) is 23.8 Å². The Morgan fingerprint density at radius 3 is 2.73 bits per heavy atom. The van der Waals surface area contributed by atoms with Crippen LogP contribution < -0.4 is 5.56 Å². The number of aromatic nitrogens is 4. The van der Waals surface area contributed by atoms with Gasteiger partial charge in [0.25, 0.3) is 0 Å². The van der Waals surface area contributed by atoms with Crippen molar-refractivity contribution in [1.29, 1.82) is 0 Å². The minimum Gasteiger partial charge on any atom is -0.319 e. The van der Waals surface area contributed by atoms with Crippen LogP contribution in [0.25, 0.3) is 22.1 Å². The number of nitrogens with zero attached hydrogens (tertiary/aromatic N) is 3. The summed E-state index contributed by atoms with van der Waals surface area (Å²) < 4.78 is 30.1. The maximum Gasteiger partial charge on any atom is 0.248 e. The molecule has 4 aromatic rings. The first-order valence-electron chi connectivity index (χ1n) is 10.3. The van der Waals surface area contributed by atoms with Gasteiger partial charge in [-0.25, -0.2) is 18.7 Å². The molecule has 5 rings (SSSR count). The molecule has 1 aliphatic carbocycles. The van der Waals surface area contributed by atoms with Crippen LogP contribution in [0.15, 0.2) is 35.3 Å². The highest BCUT2D eigenvalue weighted by Gasteiger charge is 2.28. The second kappa shape index (κ2) is 7.00. The molecule has 0 radical (unpaired) electrons. The van der Waals surface area contributed by atoms with E-state index in [1.54, 1.807) is 6.20 Å². The molecule has 3 heterocycles. The molecule has 1 N–H and O–H groups in total.